The minimum Gasteiger partial charge on any atom is -0.492 e. The van der Waals surface area contributed by atoms with Crippen molar-refractivity contribution in [3.8, 4) is 5.75 Å². The quantitative estimate of drug-likeness (QED) is 0.609. The lowest BCUT2D eigenvalue weighted by atomic mass is 10.1. The number of benzene rings is 3. The van der Waals surface area contributed by atoms with Gasteiger partial charge in [0, 0.05) is 16.8 Å². The fourth-order valence-electron chi connectivity index (χ4n) is 3.07. The molecule has 3 aromatic rings. The van der Waals surface area contributed by atoms with Gasteiger partial charge in [-0.2, -0.15) is 0 Å². The summed E-state index contributed by atoms with van der Waals surface area (Å²) in [6.45, 7) is 6.37. The molecule has 0 saturated carbocycles. The van der Waals surface area contributed by atoms with E-state index in [0.717, 1.165) is 16.8 Å². The van der Waals surface area contributed by atoms with E-state index in [1.54, 1.807) is 36.4 Å². The van der Waals surface area contributed by atoms with Crippen LogP contribution in [0.15, 0.2) is 66.7 Å². The largest absolute Gasteiger partial charge is 0.492 e. The van der Waals surface area contributed by atoms with E-state index in [1.165, 1.54) is 0 Å². The lowest BCUT2D eigenvalue weighted by molar-refractivity contribution is 0.101. The molecule has 0 radical (unpaired) electrons. The highest BCUT2D eigenvalue weighted by Crippen LogP contribution is 2.24. The van der Waals surface area contributed by atoms with Crippen LogP contribution in [0.1, 0.15) is 38.8 Å². The molecular formula is C24H24N2O3. The van der Waals surface area contributed by atoms with E-state index in [2.05, 4.69) is 10.6 Å². The fourth-order valence-corrected chi connectivity index (χ4v) is 3.07. The molecule has 29 heavy (non-hydrogen) atoms. The van der Waals surface area contributed by atoms with Gasteiger partial charge in [0.25, 0.3) is 11.8 Å². The fraction of sp³-hybridized carbons (Fsp3) is 0.167. The maximum absolute atomic E-state index is 12.6. The molecule has 2 N–H and O–H groups in total. The molecule has 5 nitrogen and oxygen atoms in total. The first-order valence-electron chi connectivity index (χ1n) is 9.49. The van der Waals surface area contributed by atoms with E-state index in [1.807, 2.05) is 51.1 Å². The summed E-state index contributed by atoms with van der Waals surface area (Å²) in [7, 11) is 0. The van der Waals surface area contributed by atoms with Crippen molar-refractivity contribution in [1.82, 2.24) is 0 Å². The highest BCUT2D eigenvalue weighted by molar-refractivity contribution is 6.07. The van der Waals surface area contributed by atoms with Crippen LogP contribution in [-0.4, -0.2) is 18.4 Å². The minimum atomic E-state index is -0.265. The number of nitrogens with one attached hydrogen (secondary N) is 2. The predicted molar refractivity (Wildman–Crippen MR) is 116 cm³/mol. The van der Waals surface area contributed by atoms with Gasteiger partial charge in [-0.25, -0.2) is 0 Å². The average Bonchev–Trinajstić information content (AvgIpc) is 2.69. The molecule has 0 aliphatic carbocycles. The SMILES string of the molecule is CCOc1ccccc1NC(=O)c1ccc(C(=O)Nc2cc(C)cc(C)c2)cc1. The maximum atomic E-state index is 12.6. The van der Waals surface area contributed by atoms with Gasteiger partial charge in [-0.3, -0.25) is 9.59 Å². The first-order chi connectivity index (χ1) is 14.0. The third kappa shape index (κ3) is 5.23. The van der Waals surface area contributed by atoms with Gasteiger partial charge in [0.15, 0.2) is 0 Å². The van der Waals surface area contributed by atoms with Crippen LogP contribution >= 0.6 is 0 Å². The lowest BCUT2D eigenvalue weighted by Crippen LogP contribution is -2.15. The summed E-state index contributed by atoms with van der Waals surface area (Å²) in [5.41, 5.74) is 4.46. The molecule has 0 saturated heterocycles. The second-order valence-electron chi connectivity index (χ2n) is 6.79. The molecular weight excluding hydrogens is 364 g/mol. The summed E-state index contributed by atoms with van der Waals surface area (Å²) in [4.78, 5) is 25.0. The van der Waals surface area contributed by atoms with Crippen molar-refractivity contribution in [3.05, 3.63) is 89.0 Å². The Balaban J connectivity index is 1.69. The van der Waals surface area contributed by atoms with Crippen molar-refractivity contribution in [2.45, 2.75) is 20.8 Å². The molecule has 0 aromatic heterocycles. The van der Waals surface area contributed by atoms with Gasteiger partial charge in [0.1, 0.15) is 5.75 Å². The number of amides is 2. The molecule has 0 spiro atoms. The summed E-state index contributed by atoms with van der Waals surface area (Å²) < 4.78 is 5.53. The lowest BCUT2D eigenvalue weighted by Gasteiger charge is -2.11. The Morgan fingerprint density at radius 2 is 1.34 bits per heavy atom. The minimum absolute atomic E-state index is 0.219. The van der Waals surface area contributed by atoms with Crippen molar-refractivity contribution in [2.75, 3.05) is 17.2 Å². The number of hydrogen-bond acceptors (Lipinski definition) is 3. The normalized spacial score (nSPS) is 10.3. The number of anilines is 2. The van der Waals surface area contributed by atoms with Gasteiger partial charge in [-0.05, 0) is 80.4 Å². The van der Waals surface area contributed by atoms with Gasteiger partial charge in [0.2, 0.25) is 0 Å². The van der Waals surface area contributed by atoms with Crippen LogP contribution in [0, 0.1) is 13.8 Å². The maximum Gasteiger partial charge on any atom is 0.255 e. The number of hydrogen-bond donors (Lipinski definition) is 2. The topological polar surface area (TPSA) is 67.4 Å². The van der Waals surface area contributed by atoms with Crippen molar-refractivity contribution in [1.29, 1.82) is 0 Å². The zero-order valence-corrected chi connectivity index (χ0v) is 16.8. The van der Waals surface area contributed by atoms with Crippen LogP contribution in [-0.2, 0) is 0 Å². The monoisotopic (exact) mass is 388 g/mol. The molecule has 0 unspecified atom stereocenters. The first kappa shape index (κ1) is 20.1. The molecule has 2 amide bonds. The molecule has 0 bridgehead atoms. The number of para-hydroxylation sites is 2. The number of carbonyl (C=O) groups excluding carboxylic acids is 2. The van der Waals surface area contributed by atoms with E-state index in [4.69, 9.17) is 4.74 Å². The van der Waals surface area contributed by atoms with Crippen LogP contribution in [0.4, 0.5) is 11.4 Å². The number of aryl methyl sites for hydroxylation is 2. The van der Waals surface area contributed by atoms with E-state index >= 15 is 0 Å². The van der Waals surface area contributed by atoms with Gasteiger partial charge < -0.3 is 15.4 Å². The van der Waals surface area contributed by atoms with Crippen molar-refractivity contribution >= 4 is 23.2 Å². The predicted octanol–water partition coefficient (Wildman–Crippen LogP) is 5.21. The van der Waals surface area contributed by atoms with E-state index < -0.39 is 0 Å². The van der Waals surface area contributed by atoms with Crippen molar-refractivity contribution < 1.29 is 14.3 Å². The third-order valence-corrected chi connectivity index (χ3v) is 4.32. The summed E-state index contributed by atoms with van der Waals surface area (Å²) >= 11 is 0. The van der Waals surface area contributed by atoms with Gasteiger partial charge >= 0.3 is 0 Å². The van der Waals surface area contributed by atoms with E-state index in [0.29, 0.717) is 29.2 Å². The molecule has 0 aliphatic rings. The molecule has 3 aromatic carbocycles. The Morgan fingerprint density at radius 1 is 0.793 bits per heavy atom. The summed E-state index contributed by atoms with van der Waals surface area (Å²) in [6.07, 6.45) is 0. The van der Waals surface area contributed by atoms with E-state index in [-0.39, 0.29) is 11.8 Å². The Labute approximate surface area is 170 Å². The van der Waals surface area contributed by atoms with Crippen molar-refractivity contribution in [2.24, 2.45) is 0 Å². The molecule has 0 aliphatic heterocycles. The molecule has 3 rings (SSSR count). The summed E-state index contributed by atoms with van der Waals surface area (Å²) in [5.74, 6) is 0.134. The molecule has 0 heterocycles. The van der Waals surface area contributed by atoms with Gasteiger partial charge in [0.05, 0.1) is 12.3 Å². The Morgan fingerprint density at radius 3 is 1.93 bits per heavy atom. The van der Waals surface area contributed by atoms with Crippen LogP contribution in [0.25, 0.3) is 0 Å². The zero-order valence-electron chi connectivity index (χ0n) is 16.8. The first-order valence-corrected chi connectivity index (χ1v) is 9.49. The smallest absolute Gasteiger partial charge is 0.255 e. The van der Waals surface area contributed by atoms with Crippen LogP contribution in [0.5, 0.6) is 5.75 Å². The third-order valence-electron chi connectivity index (χ3n) is 4.32. The van der Waals surface area contributed by atoms with E-state index in [9.17, 15) is 9.59 Å². The molecule has 5 heteroatoms. The Bertz CT molecular complexity index is 1010. The molecule has 148 valence electrons. The highest BCUT2D eigenvalue weighted by Gasteiger charge is 2.12. The highest BCUT2D eigenvalue weighted by atomic mass is 16.5. The summed E-state index contributed by atoms with van der Waals surface area (Å²) in [5, 5.41) is 5.74. The van der Waals surface area contributed by atoms with Gasteiger partial charge in [-0.15, -0.1) is 0 Å². The summed E-state index contributed by atoms with van der Waals surface area (Å²) in [6, 6.07) is 19.7. The number of rotatable bonds is 6. The molecule has 0 atom stereocenters. The van der Waals surface area contributed by atoms with Crippen LogP contribution in [0.3, 0.4) is 0 Å². The van der Waals surface area contributed by atoms with Crippen LogP contribution < -0.4 is 15.4 Å². The zero-order chi connectivity index (χ0) is 20.8. The Hall–Kier alpha value is -3.60. The molecule has 0 fully saturated rings. The number of ether oxygens (including phenoxy) is 1. The standard InChI is InChI=1S/C24H24N2O3/c1-4-29-22-8-6-5-7-21(22)26-24(28)19-11-9-18(10-12-19)23(27)25-20-14-16(2)13-17(3)15-20/h5-15H,4H2,1-3H3,(H,25,27)(H,26,28). The Kier molecular flexibility index (Phi) is 6.29. The average molecular weight is 388 g/mol. The van der Waals surface area contributed by atoms with Crippen LogP contribution in [0.2, 0.25) is 0 Å². The van der Waals surface area contributed by atoms with Crippen molar-refractivity contribution in [3.63, 3.8) is 0 Å². The number of carbonyl (C=O) groups is 2. The van der Waals surface area contributed by atoms with Gasteiger partial charge in [-0.1, -0.05) is 18.2 Å². The second-order valence-corrected chi connectivity index (χ2v) is 6.79. The second kappa shape index (κ2) is 9.06.